The lowest BCUT2D eigenvalue weighted by atomic mass is 10.2. The predicted molar refractivity (Wildman–Crippen MR) is 75.6 cm³/mol. The third kappa shape index (κ3) is 4.10. The number of hydrogen-bond acceptors (Lipinski definition) is 3. The van der Waals surface area contributed by atoms with Crippen molar-refractivity contribution in [1.82, 2.24) is 14.7 Å². The molecule has 2 rings (SSSR count). The van der Waals surface area contributed by atoms with Crippen LogP contribution in [0.25, 0.3) is 0 Å². The van der Waals surface area contributed by atoms with E-state index in [4.69, 9.17) is 5.11 Å². The number of amides is 2. The number of rotatable bonds is 4. The molecule has 0 aromatic rings. The van der Waals surface area contributed by atoms with Gasteiger partial charge in [0.25, 0.3) is 0 Å². The Morgan fingerprint density at radius 1 is 1.30 bits per heavy atom. The summed E-state index contributed by atoms with van der Waals surface area (Å²) in [5.41, 5.74) is 0. The largest absolute Gasteiger partial charge is 0.480 e. The molecule has 0 aromatic heterocycles. The van der Waals surface area contributed by atoms with E-state index in [9.17, 15) is 9.59 Å². The molecular formula is C14H25N3O3. The van der Waals surface area contributed by atoms with Crippen molar-refractivity contribution in [3.05, 3.63) is 0 Å². The second-order valence-electron chi connectivity index (χ2n) is 6.16. The number of aliphatic carboxylic acids is 1. The van der Waals surface area contributed by atoms with Crippen LogP contribution in [0.3, 0.4) is 0 Å². The summed E-state index contributed by atoms with van der Waals surface area (Å²) >= 11 is 0. The molecule has 6 nitrogen and oxygen atoms in total. The summed E-state index contributed by atoms with van der Waals surface area (Å²) < 4.78 is 0. The molecular weight excluding hydrogens is 258 g/mol. The summed E-state index contributed by atoms with van der Waals surface area (Å²) in [5, 5.41) is 9.01. The molecule has 0 aromatic carbocycles. The lowest BCUT2D eigenvalue weighted by molar-refractivity contribution is -0.137. The average molecular weight is 283 g/mol. The van der Waals surface area contributed by atoms with Crippen molar-refractivity contribution in [3.63, 3.8) is 0 Å². The third-order valence-electron chi connectivity index (χ3n) is 4.06. The first-order valence-corrected chi connectivity index (χ1v) is 7.43. The minimum absolute atomic E-state index is 0.109. The number of carboxylic acids is 1. The fraction of sp³-hybridized carbons (Fsp3) is 0.857. The van der Waals surface area contributed by atoms with Gasteiger partial charge in [0.1, 0.15) is 6.54 Å². The minimum Gasteiger partial charge on any atom is -0.480 e. The number of carbonyl (C=O) groups excluding carboxylic acids is 1. The van der Waals surface area contributed by atoms with Crippen LogP contribution in [0.2, 0.25) is 0 Å². The van der Waals surface area contributed by atoms with E-state index >= 15 is 0 Å². The summed E-state index contributed by atoms with van der Waals surface area (Å²) in [4.78, 5) is 29.2. The van der Waals surface area contributed by atoms with Crippen molar-refractivity contribution in [2.45, 2.75) is 32.2 Å². The maximum absolute atomic E-state index is 12.6. The van der Waals surface area contributed by atoms with Gasteiger partial charge >= 0.3 is 12.0 Å². The third-order valence-corrected chi connectivity index (χ3v) is 4.06. The molecule has 1 aliphatic heterocycles. The molecule has 1 aliphatic carbocycles. The van der Waals surface area contributed by atoms with Gasteiger partial charge in [-0.2, -0.15) is 0 Å². The maximum Gasteiger partial charge on any atom is 0.323 e. The quantitative estimate of drug-likeness (QED) is 0.833. The highest BCUT2D eigenvalue weighted by Crippen LogP contribution is 2.30. The number of nitrogens with zero attached hydrogens (tertiary/aromatic N) is 3. The number of urea groups is 1. The van der Waals surface area contributed by atoms with Gasteiger partial charge in [0.15, 0.2) is 0 Å². The molecule has 0 bridgehead atoms. The standard InChI is InChI=1S/C14H25N3O3/c1-11-8-15(2)6-3-7-17(11)14(20)16(10-13(18)19)9-12-4-5-12/h11-12H,3-10H2,1-2H3,(H,18,19). The highest BCUT2D eigenvalue weighted by Gasteiger charge is 2.32. The van der Waals surface area contributed by atoms with Gasteiger partial charge in [-0.15, -0.1) is 0 Å². The Morgan fingerprint density at radius 3 is 2.60 bits per heavy atom. The first kappa shape index (κ1) is 15.1. The van der Waals surface area contributed by atoms with Crippen molar-refractivity contribution in [3.8, 4) is 0 Å². The molecule has 1 saturated heterocycles. The topological polar surface area (TPSA) is 64.1 Å². The van der Waals surface area contributed by atoms with Gasteiger partial charge in [0.2, 0.25) is 0 Å². The van der Waals surface area contributed by atoms with Gasteiger partial charge in [-0.1, -0.05) is 0 Å². The predicted octanol–water partition coefficient (Wildman–Crippen LogP) is 0.929. The zero-order chi connectivity index (χ0) is 14.7. The van der Waals surface area contributed by atoms with Crippen LogP contribution in [0.4, 0.5) is 4.79 Å². The van der Waals surface area contributed by atoms with E-state index in [1.54, 1.807) is 0 Å². The second-order valence-corrected chi connectivity index (χ2v) is 6.16. The van der Waals surface area contributed by atoms with Crippen LogP contribution in [0.5, 0.6) is 0 Å². The Labute approximate surface area is 120 Å². The van der Waals surface area contributed by atoms with Gasteiger partial charge in [-0.05, 0) is 45.7 Å². The summed E-state index contributed by atoms with van der Waals surface area (Å²) in [5.74, 6) is -0.429. The molecule has 1 heterocycles. The number of carbonyl (C=O) groups is 2. The Kier molecular flexibility index (Phi) is 4.86. The fourth-order valence-corrected chi connectivity index (χ4v) is 2.82. The van der Waals surface area contributed by atoms with E-state index in [1.165, 1.54) is 4.90 Å². The zero-order valence-electron chi connectivity index (χ0n) is 12.4. The number of hydrogen-bond donors (Lipinski definition) is 1. The van der Waals surface area contributed by atoms with Crippen LogP contribution < -0.4 is 0 Å². The lowest BCUT2D eigenvalue weighted by Gasteiger charge is -2.33. The SMILES string of the molecule is CC1CN(C)CCCN1C(=O)N(CC(=O)O)CC1CC1. The molecule has 2 amide bonds. The number of carboxylic acid groups (broad SMARTS) is 1. The average Bonchev–Trinajstić information content (AvgIpc) is 3.16. The zero-order valence-corrected chi connectivity index (χ0v) is 12.4. The Hall–Kier alpha value is -1.30. The summed E-state index contributed by atoms with van der Waals surface area (Å²) in [7, 11) is 2.06. The lowest BCUT2D eigenvalue weighted by Crippen LogP contribution is -2.50. The molecule has 1 N–H and O–H groups in total. The normalized spacial score (nSPS) is 24.3. The molecule has 2 aliphatic rings. The van der Waals surface area contributed by atoms with Gasteiger partial charge in [0.05, 0.1) is 0 Å². The minimum atomic E-state index is -0.932. The van der Waals surface area contributed by atoms with Crippen molar-refractivity contribution in [1.29, 1.82) is 0 Å². The van der Waals surface area contributed by atoms with Crippen molar-refractivity contribution >= 4 is 12.0 Å². The monoisotopic (exact) mass is 283 g/mol. The smallest absolute Gasteiger partial charge is 0.323 e. The van der Waals surface area contributed by atoms with Crippen LogP contribution in [0.1, 0.15) is 26.2 Å². The summed E-state index contributed by atoms with van der Waals surface area (Å²) in [6.07, 6.45) is 3.17. The first-order valence-electron chi connectivity index (χ1n) is 7.43. The van der Waals surface area contributed by atoms with E-state index in [0.29, 0.717) is 19.0 Å². The fourth-order valence-electron chi connectivity index (χ4n) is 2.82. The van der Waals surface area contributed by atoms with Crippen LogP contribution in [-0.4, -0.2) is 77.6 Å². The van der Waals surface area contributed by atoms with E-state index in [-0.39, 0.29) is 18.6 Å². The van der Waals surface area contributed by atoms with Crippen LogP contribution in [0.15, 0.2) is 0 Å². The molecule has 0 spiro atoms. The van der Waals surface area contributed by atoms with Crippen molar-refractivity contribution in [2.24, 2.45) is 5.92 Å². The van der Waals surface area contributed by atoms with E-state index in [1.807, 2.05) is 11.8 Å². The van der Waals surface area contributed by atoms with Crippen LogP contribution in [0, 0.1) is 5.92 Å². The van der Waals surface area contributed by atoms with Crippen LogP contribution in [-0.2, 0) is 4.79 Å². The molecule has 1 unspecified atom stereocenters. The van der Waals surface area contributed by atoms with E-state index < -0.39 is 5.97 Å². The van der Waals surface area contributed by atoms with Crippen molar-refractivity contribution in [2.75, 3.05) is 39.8 Å². The Morgan fingerprint density at radius 2 is 2.00 bits per heavy atom. The van der Waals surface area contributed by atoms with Gasteiger partial charge in [0, 0.05) is 25.7 Å². The summed E-state index contributed by atoms with van der Waals surface area (Å²) in [6, 6.07) is 0.0209. The highest BCUT2D eigenvalue weighted by molar-refractivity contribution is 5.80. The highest BCUT2D eigenvalue weighted by atomic mass is 16.4. The molecule has 114 valence electrons. The maximum atomic E-state index is 12.6. The second kappa shape index (κ2) is 6.43. The Bertz CT molecular complexity index is 371. The Balaban J connectivity index is 2.02. The van der Waals surface area contributed by atoms with Gasteiger partial charge in [-0.3, -0.25) is 4.79 Å². The first-order chi connectivity index (χ1) is 9.47. The number of likely N-dealkylation sites (N-methyl/N-ethyl adjacent to an activating group) is 1. The molecule has 1 saturated carbocycles. The van der Waals surface area contributed by atoms with Crippen LogP contribution >= 0.6 is 0 Å². The molecule has 0 radical (unpaired) electrons. The molecule has 1 atom stereocenters. The molecule has 2 fully saturated rings. The van der Waals surface area contributed by atoms with Crippen molar-refractivity contribution < 1.29 is 14.7 Å². The van der Waals surface area contributed by atoms with Gasteiger partial charge < -0.3 is 19.8 Å². The molecule has 6 heteroatoms. The summed E-state index contributed by atoms with van der Waals surface area (Å²) in [6.45, 7) is 4.98. The van der Waals surface area contributed by atoms with E-state index in [0.717, 1.165) is 32.4 Å². The van der Waals surface area contributed by atoms with E-state index in [2.05, 4.69) is 11.9 Å². The molecule has 20 heavy (non-hydrogen) atoms. The van der Waals surface area contributed by atoms with Gasteiger partial charge in [-0.25, -0.2) is 4.79 Å².